The number of carbonyl (C=O) groups excluding carboxylic acids is 1. The van der Waals surface area contributed by atoms with Crippen molar-refractivity contribution in [1.29, 1.82) is 0 Å². The molecule has 8 nitrogen and oxygen atoms in total. The van der Waals surface area contributed by atoms with Crippen LogP contribution in [0.1, 0.15) is 21.7 Å². The highest BCUT2D eigenvalue weighted by molar-refractivity contribution is 6.12. The Hall–Kier alpha value is -3.29. The number of furan rings is 1. The van der Waals surface area contributed by atoms with Gasteiger partial charge in [0.2, 0.25) is 5.71 Å². The summed E-state index contributed by atoms with van der Waals surface area (Å²) in [6, 6.07) is 3.43. The van der Waals surface area contributed by atoms with Crippen molar-refractivity contribution < 1.29 is 18.7 Å². The van der Waals surface area contributed by atoms with Gasteiger partial charge in [-0.1, -0.05) is 0 Å². The van der Waals surface area contributed by atoms with Crippen LogP contribution in [-0.2, 0) is 7.05 Å². The summed E-state index contributed by atoms with van der Waals surface area (Å²) in [4.78, 5) is 29.3. The molecule has 0 fully saturated rings. The molecule has 0 spiro atoms. The zero-order valence-corrected chi connectivity index (χ0v) is 15.2. The van der Waals surface area contributed by atoms with Crippen molar-refractivity contribution in [2.24, 2.45) is 7.05 Å². The van der Waals surface area contributed by atoms with E-state index >= 15 is 0 Å². The molecule has 0 radical (unpaired) electrons. The lowest BCUT2D eigenvalue weighted by Crippen LogP contribution is -2.21. The lowest BCUT2D eigenvalue weighted by Gasteiger charge is -2.13. The number of amides is 1. The third-order valence-electron chi connectivity index (χ3n) is 4.15. The van der Waals surface area contributed by atoms with Gasteiger partial charge in [0, 0.05) is 18.8 Å². The molecule has 136 valence electrons. The van der Waals surface area contributed by atoms with E-state index in [0.29, 0.717) is 22.9 Å². The number of aryl methyl sites for hydroxylation is 3. The van der Waals surface area contributed by atoms with Gasteiger partial charge in [-0.15, -0.1) is 0 Å². The highest BCUT2D eigenvalue weighted by Crippen LogP contribution is 2.33. The number of anilines is 1. The molecule has 26 heavy (non-hydrogen) atoms. The Kier molecular flexibility index (Phi) is 4.41. The fraction of sp³-hybridized carbons (Fsp3) is 0.278. The van der Waals surface area contributed by atoms with Crippen LogP contribution in [0.2, 0.25) is 0 Å². The minimum atomic E-state index is -0.457. The van der Waals surface area contributed by atoms with Gasteiger partial charge in [-0.3, -0.25) is 9.59 Å². The summed E-state index contributed by atoms with van der Waals surface area (Å²) in [5.74, 6) is 0.916. The number of hydrogen-bond donors (Lipinski definition) is 1. The monoisotopic (exact) mass is 357 g/mol. The van der Waals surface area contributed by atoms with Gasteiger partial charge < -0.3 is 23.8 Å². The van der Waals surface area contributed by atoms with Crippen LogP contribution in [0.25, 0.3) is 11.1 Å². The molecular formula is C18H19N3O5. The number of nitrogens with zero attached hydrogens (tertiary/aromatic N) is 2. The van der Waals surface area contributed by atoms with Crippen molar-refractivity contribution in [3.8, 4) is 11.5 Å². The van der Waals surface area contributed by atoms with Gasteiger partial charge in [0.25, 0.3) is 11.5 Å². The molecule has 0 aliphatic rings. The predicted octanol–water partition coefficient (Wildman–Crippen LogP) is 2.41. The third-order valence-corrected chi connectivity index (χ3v) is 4.15. The van der Waals surface area contributed by atoms with Gasteiger partial charge in [0.1, 0.15) is 17.5 Å². The molecule has 1 N–H and O–H groups in total. The van der Waals surface area contributed by atoms with Gasteiger partial charge >= 0.3 is 0 Å². The van der Waals surface area contributed by atoms with Crippen LogP contribution in [0.3, 0.4) is 0 Å². The highest BCUT2D eigenvalue weighted by atomic mass is 16.5. The molecule has 2 heterocycles. The zero-order valence-electron chi connectivity index (χ0n) is 15.2. The highest BCUT2D eigenvalue weighted by Gasteiger charge is 2.23. The second-order valence-electron chi connectivity index (χ2n) is 5.85. The van der Waals surface area contributed by atoms with Gasteiger partial charge in [-0.25, -0.2) is 4.98 Å². The van der Waals surface area contributed by atoms with E-state index in [1.807, 2.05) is 6.92 Å². The summed E-state index contributed by atoms with van der Waals surface area (Å²) >= 11 is 0. The van der Waals surface area contributed by atoms with Crippen molar-refractivity contribution in [3.05, 3.63) is 45.7 Å². The van der Waals surface area contributed by atoms with E-state index in [9.17, 15) is 9.59 Å². The molecule has 2 aromatic heterocycles. The van der Waals surface area contributed by atoms with Crippen LogP contribution in [0.5, 0.6) is 11.5 Å². The molecule has 0 bridgehead atoms. The van der Waals surface area contributed by atoms with E-state index in [-0.39, 0.29) is 22.2 Å². The molecule has 3 aromatic rings. The first-order valence-electron chi connectivity index (χ1n) is 7.86. The number of rotatable bonds is 4. The summed E-state index contributed by atoms with van der Waals surface area (Å²) in [5, 5.41) is 2.96. The average Bonchev–Trinajstić information content (AvgIpc) is 2.96. The zero-order chi connectivity index (χ0) is 19.0. The number of hydrogen-bond acceptors (Lipinski definition) is 6. The molecule has 0 saturated carbocycles. The minimum absolute atomic E-state index is 0.139. The Bertz CT molecular complexity index is 1060. The lowest BCUT2D eigenvalue weighted by molar-refractivity contribution is 0.102. The number of methoxy groups -OCH3 is 2. The van der Waals surface area contributed by atoms with Crippen molar-refractivity contribution >= 4 is 22.7 Å². The van der Waals surface area contributed by atoms with Crippen LogP contribution in [0.4, 0.5) is 5.69 Å². The number of fused-ring (bicyclic) bond motifs is 1. The molecular weight excluding hydrogens is 338 g/mol. The Labute approximate surface area is 149 Å². The Morgan fingerprint density at radius 2 is 1.85 bits per heavy atom. The van der Waals surface area contributed by atoms with Gasteiger partial charge in [-0.2, -0.15) is 0 Å². The average molecular weight is 357 g/mol. The third kappa shape index (κ3) is 2.79. The van der Waals surface area contributed by atoms with Crippen LogP contribution >= 0.6 is 0 Å². The smallest absolute Gasteiger partial charge is 0.265 e. The number of nitrogens with one attached hydrogen (secondary N) is 1. The van der Waals surface area contributed by atoms with Crippen LogP contribution in [0, 0.1) is 13.8 Å². The Balaban J connectivity index is 2.07. The van der Waals surface area contributed by atoms with Gasteiger partial charge in [-0.05, 0) is 25.5 Å². The Morgan fingerprint density at radius 1 is 1.19 bits per heavy atom. The van der Waals surface area contributed by atoms with E-state index < -0.39 is 5.91 Å². The fourth-order valence-corrected chi connectivity index (χ4v) is 2.76. The van der Waals surface area contributed by atoms with Crippen LogP contribution < -0.4 is 20.3 Å². The summed E-state index contributed by atoms with van der Waals surface area (Å²) < 4.78 is 17.3. The second kappa shape index (κ2) is 6.55. The van der Waals surface area contributed by atoms with E-state index in [2.05, 4.69) is 10.3 Å². The van der Waals surface area contributed by atoms with E-state index in [0.717, 1.165) is 5.56 Å². The normalized spacial score (nSPS) is 10.8. The molecule has 0 aliphatic carbocycles. The topological polar surface area (TPSA) is 95.6 Å². The first-order chi connectivity index (χ1) is 12.4. The molecule has 0 unspecified atom stereocenters. The van der Waals surface area contributed by atoms with Crippen molar-refractivity contribution in [2.45, 2.75) is 13.8 Å². The minimum Gasteiger partial charge on any atom is -0.493 e. The molecule has 0 aliphatic heterocycles. The molecule has 8 heteroatoms. The largest absolute Gasteiger partial charge is 0.493 e. The van der Waals surface area contributed by atoms with Crippen molar-refractivity contribution in [3.63, 3.8) is 0 Å². The predicted molar refractivity (Wildman–Crippen MR) is 96.2 cm³/mol. The maximum absolute atomic E-state index is 12.9. The first kappa shape index (κ1) is 17.5. The molecule has 1 aromatic carbocycles. The second-order valence-corrected chi connectivity index (χ2v) is 5.85. The van der Waals surface area contributed by atoms with Crippen LogP contribution in [-0.4, -0.2) is 29.7 Å². The lowest BCUT2D eigenvalue weighted by atomic mass is 10.1. The number of aromatic nitrogens is 2. The summed E-state index contributed by atoms with van der Waals surface area (Å²) in [5.41, 5.74) is 1.29. The summed E-state index contributed by atoms with van der Waals surface area (Å²) in [6.45, 7) is 3.45. The molecule has 3 rings (SSSR count). The van der Waals surface area contributed by atoms with E-state index in [4.69, 9.17) is 13.9 Å². The van der Waals surface area contributed by atoms with Gasteiger partial charge in [0.05, 0.1) is 19.8 Å². The summed E-state index contributed by atoms with van der Waals surface area (Å²) in [7, 11) is 4.62. The van der Waals surface area contributed by atoms with E-state index in [1.54, 1.807) is 33.2 Å². The SMILES string of the molecule is COc1cc(C)c(NC(=O)c2c(C)oc3ncn(C)c(=O)c23)cc1OC. The maximum atomic E-state index is 12.9. The standard InChI is InChI=1S/C18H19N3O5/c1-9-6-12(24-4)13(25-5)7-11(9)20-16(22)14-10(2)26-17-15(14)18(23)21(3)8-19-17/h6-8H,1-5H3,(H,20,22). The van der Waals surface area contributed by atoms with Gasteiger partial charge in [0.15, 0.2) is 11.5 Å². The fourth-order valence-electron chi connectivity index (χ4n) is 2.76. The summed E-state index contributed by atoms with van der Waals surface area (Å²) in [6.07, 6.45) is 1.35. The number of ether oxygens (including phenoxy) is 2. The molecule has 1 amide bonds. The first-order valence-corrected chi connectivity index (χ1v) is 7.86. The van der Waals surface area contributed by atoms with E-state index in [1.165, 1.54) is 18.0 Å². The van der Waals surface area contributed by atoms with Crippen molar-refractivity contribution in [1.82, 2.24) is 9.55 Å². The van der Waals surface area contributed by atoms with Crippen molar-refractivity contribution in [2.75, 3.05) is 19.5 Å². The molecule has 0 atom stereocenters. The quantitative estimate of drug-likeness (QED) is 0.770. The number of benzene rings is 1. The van der Waals surface area contributed by atoms with Crippen LogP contribution in [0.15, 0.2) is 27.7 Å². The Morgan fingerprint density at radius 3 is 2.50 bits per heavy atom. The maximum Gasteiger partial charge on any atom is 0.265 e. The molecule has 0 saturated heterocycles. The number of carbonyl (C=O) groups is 1.